The first kappa shape index (κ1) is 16.8. The summed E-state index contributed by atoms with van der Waals surface area (Å²) in [6, 6.07) is 0. The Morgan fingerprint density at radius 3 is 1.89 bits per heavy atom. The largest absolute Gasteiger partial charge is 0.482 e. The molecule has 0 spiro atoms. The zero-order chi connectivity index (χ0) is 14.0. The van der Waals surface area contributed by atoms with Crippen LogP contribution in [0.1, 0.15) is 34.1 Å². The Balaban J connectivity index is 4.96. The highest BCUT2D eigenvalue weighted by Crippen LogP contribution is 2.13. The van der Waals surface area contributed by atoms with E-state index in [2.05, 4.69) is 0 Å². The molecule has 0 heterocycles. The van der Waals surface area contributed by atoms with Gasteiger partial charge in [0.25, 0.3) is 5.76 Å². The van der Waals surface area contributed by atoms with Gasteiger partial charge in [-0.05, 0) is 27.2 Å². The maximum Gasteiger partial charge on any atom is 0.381 e. The summed E-state index contributed by atoms with van der Waals surface area (Å²) in [4.78, 5) is 12.0. The molecule has 0 aliphatic carbocycles. The molecule has 106 valence electrons. The summed E-state index contributed by atoms with van der Waals surface area (Å²) in [5.74, 6) is -0.386. The maximum atomic E-state index is 12.0. The Hall–Kier alpha value is -1.17. The van der Waals surface area contributed by atoms with Crippen LogP contribution in [0.4, 0.5) is 0 Å². The number of carbonyl (C=O) groups excluding carboxylic acids is 1. The molecule has 0 rings (SSSR count). The van der Waals surface area contributed by atoms with Gasteiger partial charge in [0.2, 0.25) is 0 Å². The van der Waals surface area contributed by atoms with E-state index in [0.29, 0.717) is 19.8 Å². The molecule has 0 amide bonds. The van der Waals surface area contributed by atoms with Crippen molar-refractivity contribution in [1.29, 1.82) is 0 Å². The summed E-state index contributed by atoms with van der Waals surface area (Å²) in [7, 11) is 0.785. The molecule has 0 N–H and O–H groups in total. The van der Waals surface area contributed by atoms with Crippen LogP contribution in [0.25, 0.3) is 0 Å². The van der Waals surface area contributed by atoms with Crippen LogP contribution < -0.4 is 0 Å². The minimum atomic E-state index is -0.518. The van der Waals surface area contributed by atoms with Gasteiger partial charge in [-0.15, -0.1) is 0 Å². The second kappa shape index (κ2) is 9.82. The summed E-state index contributed by atoms with van der Waals surface area (Å²) >= 11 is 0. The van der Waals surface area contributed by atoms with E-state index in [9.17, 15) is 4.79 Å². The third-order valence-electron chi connectivity index (χ3n) is 2.09. The molecule has 5 nitrogen and oxygen atoms in total. The number of hydrogen-bond acceptors (Lipinski definition) is 5. The average molecular weight is 276 g/mol. The number of rotatable bonds is 9. The van der Waals surface area contributed by atoms with Gasteiger partial charge in [-0.1, -0.05) is 6.92 Å². The predicted molar refractivity (Wildman–Crippen MR) is 72.0 cm³/mol. The van der Waals surface area contributed by atoms with Gasteiger partial charge in [0.15, 0.2) is 0 Å². The van der Waals surface area contributed by atoms with E-state index in [1.54, 1.807) is 6.92 Å². The van der Waals surface area contributed by atoms with E-state index in [-0.39, 0.29) is 17.4 Å². The second-order valence-corrected chi connectivity index (χ2v) is 4.83. The molecular weight excluding hydrogens is 252 g/mol. The van der Waals surface area contributed by atoms with Gasteiger partial charge in [0.1, 0.15) is 0 Å². The molecule has 1 atom stereocenters. The van der Waals surface area contributed by atoms with Crippen LogP contribution >= 0.6 is 0 Å². The van der Waals surface area contributed by atoms with Crippen molar-refractivity contribution in [2.24, 2.45) is 0 Å². The van der Waals surface area contributed by atoms with E-state index in [1.807, 2.05) is 20.8 Å². The van der Waals surface area contributed by atoms with Crippen molar-refractivity contribution in [2.75, 3.05) is 19.8 Å². The minimum Gasteiger partial charge on any atom is -0.482 e. The smallest absolute Gasteiger partial charge is 0.381 e. The van der Waals surface area contributed by atoms with E-state index in [1.165, 1.54) is 0 Å². The quantitative estimate of drug-likeness (QED) is 0.271. The topological polar surface area (TPSA) is 54.0 Å². The SMILES string of the molecule is CCOC(OCC)=C(OCC)C(=O)OC([SiH3])CC. The highest BCUT2D eigenvalue weighted by atomic mass is 28.1. The fourth-order valence-corrected chi connectivity index (χ4v) is 1.31. The van der Waals surface area contributed by atoms with E-state index >= 15 is 0 Å². The highest BCUT2D eigenvalue weighted by Gasteiger charge is 2.23. The van der Waals surface area contributed by atoms with Gasteiger partial charge >= 0.3 is 11.9 Å². The predicted octanol–water partition coefficient (Wildman–Crippen LogP) is 0.910. The van der Waals surface area contributed by atoms with Gasteiger partial charge < -0.3 is 18.9 Å². The molecule has 0 aromatic heterocycles. The fourth-order valence-electron chi connectivity index (χ4n) is 1.10. The first-order valence-corrected chi connectivity index (χ1v) is 7.59. The third-order valence-corrected chi connectivity index (χ3v) is 3.15. The lowest BCUT2D eigenvalue weighted by Crippen LogP contribution is -2.22. The van der Waals surface area contributed by atoms with E-state index < -0.39 is 5.97 Å². The Labute approximate surface area is 112 Å². The van der Waals surface area contributed by atoms with Crippen LogP contribution in [-0.4, -0.2) is 41.8 Å². The Kier molecular flexibility index (Phi) is 9.18. The van der Waals surface area contributed by atoms with Gasteiger partial charge in [-0.2, -0.15) is 0 Å². The number of hydrogen-bond donors (Lipinski definition) is 0. The van der Waals surface area contributed by atoms with Crippen molar-refractivity contribution < 1.29 is 23.7 Å². The molecule has 1 unspecified atom stereocenters. The van der Waals surface area contributed by atoms with Gasteiger partial charge in [-0.3, -0.25) is 0 Å². The van der Waals surface area contributed by atoms with Crippen molar-refractivity contribution in [3.05, 3.63) is 11.7 Å². The molecule has 0 bridgehead atoms. The van der Waals surface area contributed by atoms with E-state index in [4.69, 9.17) is 18.9 Å². The third kappa shape index (κ3) is 5.95. The molecule has 0 aromatic carbocycles. The standard InChI is InChI=1S/C12H24O5Si/c1-5-9(18)17-11(13)10(14-6-2)12(15-7-3)16-8-4/h9H,5-8H2,1-4,18H3. The van der Waals surface area contributed by atoms with Crippen molar-refractivity contribution in [3.63, 3.8) is 0 Å². The van der Waals surface area contributed by atoms with Crippen molar-refractivity contribution in [3.8, 4) is 0 Å². The normalized spacial score (nSPS) is 11.6. The van der Waals surface area contributed by atoms with Gasteiger partial charge in [0, 0.05) is 0 Å². The lowest BCUT2D eigenvalue weighted by Gasteiger charge is -2.16. The Bertz CT molecular complexity index is 270. The second-order valence-electron chi connectivity index (χ2n) is 3.54. The van der Waals surface area contributed by atoms with Crippen LogP contribution in [0.3, 0.4) is 0 Å². The molecule has 0 saturated heterocycles. The van der Waals surface area contributed by atoms with Gasteiger partial charge in [0.05, 0.1) is 35.8 Å². The Morgan fingerprint density at radius 1 is 1.00 bits per heavy atom. The number of esters is 1. The molecule has 0 saturated carbocycles. The summed E-state index contributed by atoms with van der Waals surface area (Å²) in [6.45, 7) is 8.55. The van der Waals surface area contributed by atoms with Crippen LogP contribution in [-0.2, 0) is 23.7 Å². The minimum absolute atomic E-state index is 0.0236. The number of carbonyl (C=O) groups is 1. The van der Waals surface area contributed by atoms with Crippen LogP contribution in [0.5, 0.6) is 0 Å². The highest BCUT2D eigenvalue weighted by molar-refractivity contribution is 6.12. The molecule has 0 radical (unpaired) electrons. The molecule has 0 fully saturated rings. The lowest BCUT2D eigenvalue weighted by molar-refractivity contribution is -0.146. The molecular formula is C12H24O5Si. The molecule has 0 aromatic rings. The summed E-state index contributed by atoms with van der Waals surface area (Å²) in [6.07, 6.45) is 0.802. The lowest BCUT2D eigenvalue weighted by atomic mass is 10.5. The van der Waals surface area contributed by atoms with E-state index in [0.717, 1.165) is 16.7 Å². The molecule has 18 heavy (non-hydrogen) atoms. The Morgan fingerprint density at radius 2 is 1.50 bits per heavy atom. The number of ether oxygens (including phenoxy) is 4. The maximum absolute atomic E-state index is 12.0. The summed E-state index contributed by atoms with van der Waals surface area (Å²) < 4.78 is 21.1. The summed E-state index contributed by atoms with van der Waals surface area (Å²) in [5.41, 5.74) is -0.0301. The zero-order valence-corrected chi connectivity index (χ0v) is 13.9. The average Bonchev–Trinajstić information content (AvgIpc) is 2.35. The van der Waals surface area contributed by atoms with Crippen molar-refractivity contribution >= 4 is 16.2 Å². The molecule has 6 heteroatoms. The zero-order valence-electron chi connectivity index (χ0n) is 11.9. The van der Waals surface area contributed by atoms with Crippen LogP contribution in [0.2, 0.25) is 0 Å². The van der Waals surface area contributed by atoms with Crippen LogP contribution in [0, 0.1) is 0 Å². The molecule has 0 aliphatic rings. The van der Waals surface area contributed by atoms with Crippen LogP contribution in [0.15, 0.2) is 11.7 Å². The van der Waals surface area contributed by atoms with Crippen molar-refractivity contribution in [1.82, 2.24) is 0 Å². The first-order chi connectivity index (χ1) is 8.60. The van der Waals surface area contributed by atoms with Crippen molar-refractivity contribution in [2.45, 2.75) is 39.8 Å². The van der Waals surface area contributed by atoms with Gasteiger partial charge in [-0.25, -0.2) is 4.79 Å². The summed E-state index contributed by atoms with van der Waals surface area (Å²) in [5, 5.41) is 0. The first-order valence-electron chi connectivity index (χ1n) is 6.44. The molecule has 0 aliphatic heterocycles. The monoisotopic (exact) mass is 276 g/mol. The fraction of sp³-hybridized carbons (Fsp3) is 0.750.